The minimum atomic E-state index is -4.54. The molecule has 1 heterocycles. The minimum absolute atomic E-state index is 0.0442. The van der Waals surface area contributed by atoms with Gasteiger partial charge in [0, 0.05) is 5.56 Å². The third kappa shape index (κ3) is 4.46. The van der Waals surface area contributed by atoms with Crippen molar-refractivity contribution in [3.8, 4) is 0 Å². The van der Waals surface area contributed by atoms with Crippen LogP contribution in [0.3, 0.4) is 0 Å². The Morgan fingerprint density at radius 3 is 2.15 bits per heavy atom. The Labute approximate surface area is 195 Å². The van der Waals surface area contributed by atoms with Gasteiger partial charge in [-0.15, -0.1) is 0 Å². The van der Waals surface area contributed by atoms with Gasteiger partial charge in [-0.2, -0.15) is 13.2 Å². The highest BCUT2D eigenvalue weighted by molar-refractivity contribution is 7.80. The molecule has 1 N–H and O–H groups in total. The predicted molar refractivity (Wildman–Crippen MR) is 120 cm³/mol. The van der Waals surface area contributed by atoms with Crippen molar-refractivity contribution in [1.82, 2.24) is 5.32 Å². The van der Waals surface area contributed by atoms with Gasteiger partial charge in [-0.25, -0.2) is 4.79 Å². The summed E-state index contributed by atoms with van der Waals surface area (Å²) >= 11 is 5.45. The highest BCUT2D eigenvalue weighted by Gasteiger charge is 2.62. The molecule has 0 unspecified atom stereocenters. The van der Waals surface area contributed by atoms with Crippen LogP contribution in [-0.2, 0) is 26.0 Å². The predicted octanol–water partition coefficient (Wildman–Crippen LogP) is 4.96. The molecule has 1 aliphatic rings. The zero-order valence-corrected chi connectivity index (χ0v) is 19.2. The number of amides is 1. The summed E-state index contributed by atoms with van der Waals surface area (Å²) in [5.74, 6) is -1.47. The molecule has 3 rings (SSSR count). The monoisotopic (exact) mass is 479 g/mol. The molecule has 9 heteroatoms. The molecule has 2 aromatic carbocycles. The van der Waals surface area contributed by atoms with E-state index >= 15 is 0 Å². The van der Waals surface area contributed by atoms with Crippen LogP contribution in [0, 0.1) is 12.3 Å². The van der Waals surface area contributed by atoms with Crippen molar-refractivity contribution in [2.45, 2.75) is 38.9 Å². The van der Waals surface area contributed by atoms with E-state index in [1.807, 2.05) is 6.92 Å². The number of thiocarbonyl (C=S) groups is 1. The summed E-state index contributed by atoms with van der Waals surface area (Å²) in [6, 6.07) is 10.7. The molecule has 0 aromatic heterocycles. The maximum absolute atomic E-state index is 13.5. The first kappa shape index (κ1) is 24.7. The van der Waals surface area contributed by atoms with Gasteiger partial charge >= 0.3 is 12.1 Å². The number of hydrogen-bond acceptors (Lipinski definition) is 5. The molecular formula is C24H24F3NO4S. The summed E-state index contributed by atoms with van der Waals surface area (Å²) in [6.45, 7) is 5.53. The van der Waals surface area contributed by atoms with E-state index < -0.39 is 34.6 Å². The fraction of sp³-hybridized carbons (Fsp3) is 0.375. The quantitative estimate of drug-likeness (QED) is 0.469. The summed E-state index contributed by atoms with van der Waals surface area (Å²) in [4.78, 5) is 26.8. The SMILES string of the molecule is CCOC(=O)[C@@](NC(=O)c1ccc(C(F)(F)F)cc1)(c1ccc(C)cc1)[C@]1(C)CCOC1=S. The van der Waals surface area contributed by atoms with Gasteiger partial charge in [-0.05, 0) is 69.2 Å². The molecule has 0 saturated carbocycles. The lowest BCUT2D eigenvalue weighted by molar-refractivity contribution is -0.155. The van der Waals surface area contributed by atoms with E-state index in [0.717, 1.165) is 29.8 Å². The van der Waals surface area contributed by atoms with Crippen LogP contribution in [0.2, 0.25) is 0 Å². The Morgan fingerprint density at radius 2 is 1.67 bits per heavy atom. The number of rotatable bonds is 6. The van der Waals surface area contributed by atoms with E-state index in [1.54, 1.807) is 38.1 Å². The van der Waals surface area contributed by atoms with Crippen molar-refractivity contribution < 1.29 is 32.2 Å². The van der Waals surface area contributed by atoms with Gasteiger partial charge in [0.05, 0.1) is 24.2 Å². The Bertz CT molecular complexity index is 1050. The fourth-order valence-corrected chi connectivity index (χ4v) is 4.31. The fourth-order valence-electron chi connectivity index (χ4n) is 3.97. The summed E-state index contributed by atoms with van der Waals surface area (Å²) < 4.78 is 49.8. The molecule has 2 atom stereocenters. The van der Waals surface area contributed by atoms with Crippen LogP contribution in [0.4, 0.5) is 13.2 Å². The zero-order chi connectivity index (χ0) is 24.4. The second-order valence-corrected chi connectivity index (χ2v) is 8.45. The van der Waals surface area contributed by atoms with E-state index in [0.29, 0.717) is 12.0 Å². The van der Waals surface area contributed by atoms with E-state index in [4.69, 9.17) is 21.7 Å². The van der Waals surface area contributed by atoms with Gasteiger partial charge in [0.25, 0.3) is 5.91 Å². The average Bonchev–Trinajstić information content (AvgIpc) is 3.11. The van der Waals surface area contributed by atoms with Gasteiger partial charge in [0.15, 0.2) is 10.6 Å². The maximum atomic E-state index is 13.5. The van der Waals surface area contributed by atoms with Gasteiger partial charge in [-0.3, -0.25) is 4.79 Å². The number of ether oxygens (including phenoxy) is 2. The number of nitrogens with one attached hydrogen (secondary N) is 1. The van der Waals surface area contributed by atoms with Crippen LogP contribution >= 0.6 is 12.2 Å². The number of halogens is 3. The zero-order valence-electron chi connectivity index (χ0n) is 18.4. The molecule has 33 heavy (non-hydrogen) atoms. The number of esters is 1. The summed E-state index contributed by atoms with van der Waals surface area (Å²) in [5.41, 5.74) is -2.47. The molecular weight excluding hydrogens is 455 g/mol. The lowest BCUT2D eigenvalue weighted by Gasteiger charge is -2.43. The number of benzene rings is 2. The smallest absolute Gasteiger partial charge is 0.416 e. The molecule has 0 radical (unpaired) electrons. The number of aryl methyl sites for hydroxylation is 1. The Hall–Kier alpha value is -2.94. The normalized spacial score (nSPS) is 20.0. The molecule has 1 fully saturated rings. The lowest BCUT2D eigenvalue weighted by Crippen LogP contribution is -2.63. The first-order valence-electron chi connectivity index (χ1n) is 10.4. The second-order valence-electron chi connectivity index (χ2n) is 8.08. The highest BCUT2D eigenvalue weighted by Crippen LogP contribution is 2.48. The largest absolute Gasteiger partial charge is 0.486 e. The third-order valence-electron chi connectivity index (χ3n) is 5.96. The number of hydrogen-bond donors (Lipinski definition) is 1. The molecule has 5 nitrogen and oxygen atoms in total. The molecule has 1 amide bonds. The summed E-state index contributed by atoms with van der Waals surface area (Å²) in [6.07, 6.45) is -4.21. The third-order valence-corrected chi connectivity index (χ3v) is 6.52. The first-order chi connectivity index (χ1) is 15.5. The topological polar surface area (TPSA) is 64.6 Å². The summed E-state index contributed by atoms with van der Waals surface area (Å²) in [5, 5.41) is 2.92. The Kier molecular flexibility index (Phi) is 6.83. The van der Waals surface area contributed by atoms with Gasteiger partial charge in [0.1, 0.15) is 0 Å². The van der Waals surface area contributed by atoms with Crippen LogP contribution in [0.25, 0.3) is 0 Å². The second kappa shape index (κ2) is 9.13. The van der Waals surface area contributed by atoms with Crippen molar-refractivity contribution in [2.24, 2.45) is 5.41 Å². The van der Waals surface area contributed by atoms with Crippen molar-refractivity contribution in [3.63, 3.8) is 0 Å². The average molecular weight is 480 g/mol. The molecule has 0 aliphatic carbocycles. The molecule has 1 saturated heterocycles. The minimum Gasteiger partial charge on any atom is -0.486 e. The molecule has 1 aliphatic heterocycles. The van der Waals surface area contributed by atoms with E-state index in [2.05, 4.69) is 5.32 Å². The molecule has 2 aromatic rings. The van der Waals surface area contributed by atoms with Gasteiger partial charge in [0.2, 0.25) is 0 Å². The van der Waals surface area contributed by atoms with Crippen LogP contribution in [0.1, 0.15) is 47.3 Å². The van der Waals surface area contributed by atoms with Crippen molar-refractivity contribution in [3.05, 3.63) is 70.8 Å². The molecule has 0 spiro atoms. The van der Waals surface area contributed by atoms with Gasteiger partial charge in [-0.1, -0.05) is 29.8 Å². The van der Waals surface area contributed by atoms with Crippen LogP contribution < -0.4 is 5.32 Å². The van der Waals surface area contributed by atoms with Gasteiger partial charge < -0.3 is 14.8 Å². The van der Waals surface area contributed by atoms with Crippen molar-refractivity contribution >= 4 is 29.1 Å². The van der Waals surface area contributed by atoms with E-state index in [-0.39, 0.29) is 23.8 Å². The van der Waals surface area contributed by atoms with E-state index in [1.165, 1.54) is 0 Å². The van der Waals surface area contributed by atoms with Crippen LogP contribution in [0.5, 0.6) is 0 Å². The molecule has 176 valence electrons. The summed E-state index contributed by atoms with van der Waals surface area (Å²) in [7, 11) is 0. The maximum Gasteiger partial charge on any atom is 0.416 e. The van der Waals surface area contributed by atoms with Crippen LogP contribution in [0.15, 0.2) is 48.5 Å². The highest BCUT2D eigenvalue weighted by atomic mass is 32.1. The van der Waals surface area contributed by atoms with Crippen molar-refractivity contribution in [1.29, 1.82) is 0 Å². The van der Waals surface area contributed by atoms with E-state index in [9.17, 15) is 22.8 Å². The Balaban J connectivity index is 2.15. The standard InChI is InChI=1S/C24H24F3NO4S/c1-4-31-20(30)23(17-9-5-15(2)6-10-17,22(3)13-14-32-21(22)33)28-19(29)16-7-11-18(12-8-16)24(25,26)27/h5-12H,4,13-14H2,1-3H3,(H,28,29)/t22-,23+/m1/s1. The first-order valence-corrected chi connectivity index (χ1v) is 10.8. The number of carbonyl (C=O) groups is 2. The Morgan fingerprint density at radius 1 is 1.09 bits per heavy atom. The number of alkyl halides is 3. The van der Waals surface area contributed by atoms with Crippen LogP contribution in [-0.4, -0.2) is 30.1 Å². The number of carbonyl (C=O) groups excluding carboxylic acids is 2. The molecule has 0 bridgehead atoms. The lowest BCUT2D eigenvalue weighted by atomic mass is 9.65. The van der Waals surface area contributed by atoms with Crippen molar-refractivity contribution in [2.75, 3.05) is 13.2 Å².